The van der Waals surface area contributed by atoms with Gasteiger partial charge in [-0.3, -0.25) is 4.68 Å². The molecule has 7 heteroatoms. The zero-order valence-electron chi connectivity index (χ0n) is 10.6. The Kier molecular flexibility index (Phi) is 4.24. The molecular formula is C12H14ClN3O3. The van der Waals surface area contributed by atoms with E-state index in [0.717, 1.165) is 0 Å². The average Bonchev–Trinajstić information content (AvgIpc) is 2.82. The summed E-state index contributed by atoms with van der Waals surface area (Å²) in [4.78, 5) is 4.05. The first-order chi connectivity index (χ1) is 9.15. The molecule has 102 valence electrons. The largest absolute Gasteiger partial charge is 0.493 e. The van der Waals surface area contributed by atoms with Crippen LogP contribution in [0.2, 0.25) is 5.02 Å². The van der Waals surface area contributed by atoms with Crippen molar-refractivity contribution in [3.63, 3.8) is 0 Å². The molecule has 0 bridgehead atoms. The van der Waals surface area contributed by atoms with E-state index in [0.29, 0.717) is 27.9 Å². The summed E-state index contributed by atoms with van der Waals surface area (Å²) >= 11 is 6.11. The number of nitrogens with zero attached hydrogens (tertiary/aromatic N) is 3. The van der Waals surface area contributed by atoms with Crippen molar-refractivity contribution in [1.29, 1.82) is 0 Å². The lowest BCUT2D eigenvalue weighted by molar-refractivity contribution is 0.267. The topological polar surface area (TPSA) is 69.4 Å². The monoisotopic (exact) mass is 283 g/mol. The molecular weight excluding hydrogens is 270 g/mol. The fraction of sp³-hybridized carbons (Fsp3) is 0.333. The normalized spacial score (nSPS) is 10.5. The van der Waals surface area contributed by atoms with Crippen molar-refractivity contribution in [1.82, 2.24) is 14.8 Å². The summed E-state index contributed by atoms with van der Waals surface area (Å²) in [5, 5.41) is 13.4. The zero-order chi connectivity index (χ0) is 13.8. The highest BCUT2D eigenvalue weighted by Crippen LogP contribution is 2.36. The second-order valence-electron chi connectivity index (χ2n) is 3.86. The number of aryl methyl sites for hydroxylation is 1. The van der Waals surface area contributed by atoms with Crippen molar-refractivity contribution in [2.45, 2.75) is 13.2 Å². The van der Waals surface area contributed by atoms with Gasteiger partial charge in [0.2, 0.25) is 0 Å². The van der Waals surface area contributed by atoms with E-state index in [1.165, 1.54) is 13.4 Å². The molecule has 2 rings (SSSR count). The third-order valence-corrected chi connectivity index (χ3v) is 2.90. The minimum Gasteiger partial charge on any atom is -0.493 e. The second kappa shape index (κ2) is 5.90. The number of benzene rings is 1. The summed E-state index contributed by atoms with van der Waals surface area (Å²) < 4.78 is 12.4. The molecule has 0 amide bonds. The minimum absolute atomic E-state index is 0.111. The van der Waals surface area contributed by atoms with Crippen LogP contribution in [-0.2, 0) is 20.3 Å². The molecule has 0 aliphatic rings. The van der Waals surface area contributed by atoms with E-state index in [-0.39, 0.29) is 13.2 Å². The maximum atomic E-state index is 9.11. The van der Waals surface area contributed by atoms with Crippen LogP contribution in [0.25, 0.3) is 0 Å². The zero-order valence-corrected chi connectivity index (χ0v) is 11.4. The maximum Gasteiger partial charge on any atom is 0.180 e. The van der Waals surface area contributed by atoms with Crippen molar-refractivity contribution in [3.8, 4) is 11.5 Å². The second-order valence-corrected chi connectivity index (χ2v) is 4.26. The summed E-state index contributed by atoms with van der Waals surface area (Å²) in [5.74, 6) is 1.56. The Morgan fingerprint density at radius 1 is 1.42 bits per heavy atom. The van der Waals surface area contributed by atoms with E-state index < -0.39 is 0 Å². The van der Waals surface area contributed by atoms with E-state index in [1.807, 2.05) is 0 Å². The summed E-state index contributed by atoms with van der Waals surface area (Å²) in [6.07, 6.45) is 1.45. The number of aliphatic hydroxyl groups excluding tert-OH is 1. The molecule has 1 N–H and O–H groups in total. The lowest BCUT2D eigenvalue weighted by atomic mass is 10.2. The van der Waals surface area contributed by atoms with Gasteiger partial charge in [-0.05, 0) is 17.7 Å². The number of ether oxygens (including phenoxy) is 2. The molecule has 0 saturated heterocycles. The smallest absolute Gasteiger partial charge is 0.180 e. The highest BCUT2D eigenvalue weighted by molar-refractivity contribution is 6.32. The van der Waals surface area contributed by atoms with Gasteiger partial charge in [0, 0.05) is 7.05 Å². The average molecular weight is 284 g/mol. The van der Waals surface area contributed by atoms with Gasteiger partial charge in [0.1, 0.15) is 12.9 Å². The van der Waals surface area contributed by atoms with Gasteiger partial charge in [0.05, 0.1) is 18.7 Å². The van der Waals surface area contributed by atoms with Crippen LogP contribution in [0.1, 0.15) is 11.4 Å². The number of aromatic nitrogens is 3. The quantitative estimate of drug-likeness (QED) is 0.901. The number of hydrogen-bond acceptors (Lipinski definition) is 5. The maximum absolute atomic E-state index is 9.11. The van der Waals surface area contributed by atoms with Crippen molar-refractivity contribution in [3.05, 3.63) is 34.9 Å². The van der Waals surface area contributed by atoms with Crippen LogP contribution in [0, 0.1) is 0 Å². The number of rotatable bonds is 5. The summed E-state index contributed by atoms with van der Waals surface area (Å²) in [5.41, 5.74) is 0.660. The van der Waals surface area contributed by atoms with E-state index in [9.17, 15) is 0 Å². The lowest BCUT2D eigenvalue weighted by Crippen LogP contribution is -2.05. The number of aliphatic hydroxyl groups is 1. The van der Waals surface area contributed by atoms with E-state index in [2.05, 4.69) is 10.1 Å². The van der Waals surface area contributed by atoms with Gasteiger partial charge >= 0.3 is 0 Å². The Balaban J connectivity index is 2.22. The Morgan fingerprint density at radius 2 is 2.21 bits per heavy atom. The van der Waals surface area contributed by atoms with Crippen LogP contribution in [0.5, 0.6) is 11.5 Å². The molecule has 0 radical (unpaired) electrons. The van der Waals surface area contributed by atoms with Gasteiger partial charge in [-0.25, -0.2) is 4.98 Å². The highest BCUT2D eigenvalue weighted by Gasteiger charge is 2.13. The van der Waals surface area contributed by atoms with Gasteiger partial charge in [0.25, 0.3) is 0 Å². The van der Waals surface area contributed by atoms with Crippen molar-refractivity contribution < 1.29 is 14.6 Å². The Bertz CT molecular complexity index is 571. The van der Waals surface area contributed by atoms with E-state index in [4.69, 9.17) is 26.2 Å². The molecule has 0 fully saturated rings. The predicted molar refractivity (Wildman–Crippen MR) is 69.3 cm³/mol. The third-order valence-electron chi connectivity index (χ3n) is 2.62. The summed E-state index contributed by atoms with van der Waals surface area (Å²) in [6.45, 7) is 0.116. The molecule has 1 aromatic carbocycles. The Labute approximate surface area is 115 Å². The van der Waals surface area contributed by atoms with E-state index >= 15 is 0 Å². The molecule has 0 spiro atoms. The first kappa shape index (κ1) is 13.6. The van der Waals surface area contributed by atoms with Gasteiger partial charge in [-0.1, -0.05) is 11.6 Å². The molecule has 0 saturated carbocycles. The SMILES string of the molecule is COc1cc(CO)cc(Cl)c1OCc1ncnn1C. The van der Waals surface area contributed by atoms with Gasteiger partial charge < -0.3 is 14.6 Å². The number of methoxy groups -OCH3 is 1. The lowest BCUT2D eigenvalue weighted by Gasteiger charge is -2.13. The van der Waals surface area contributed by atoms with Crippen LogP contribution in [0.15, 0.2) is 18.5 Å². The van der Waals surface area contributed by atoms with Gasteiger partial charge in [-0.2, -0.15) is 5.10 Å². The molecule has 0 aliphatic heterocycles. The molecule has 6 nitrogen and oxygen atoms in total. The Hall–Kier alpha value is -1.79. The molecule has 0 aliphatic carbocycles. The predicted octanol–water partition coefficient (Wildman–Crippen LogP) is 1.55. The van der Waals surface area contributed by atoms with Crippen LogP contribution in [0.3, 0.4) is 0 Å². The van der Waals surface area contributed by atoms with Crippen LogP contribution >= 0.6 is 11.6 Å². The molecule has 2 aromatic rings. The third kappa shape index (κ3) is 2.97. The van der Waals surface area contributed by atoms with Crippen LogP contribution in [0.4, 0.5) is 0 Å². The molecule has 0 unspecified atom stereocenters. The van der Waals surface area contributed by atoms with E-state index in [1.54, 1.807) is 23.9 Å². The van der Waals surface area contributed by atoms with Crippen LogP contribution < -0.4 is 9.47 Å². The molecule has 1 heterocycles. The number of hydrogen-bond donors (Lipinski definition) is 1. The Morgan fingerprint density at radius 3 is 2.79 bits per heavy atom. The highest BCUT2D eigenvalue weighted by atomic mass is 35.5. The standard InChI is InChI=1S/C12H14ClN3O3/c1-16-11(14-7-15-16)6-19-12-9(13)3-8(5-17)4-10(12)18-2/h3-4,7,17H,5-6H2,1-2H3. The van der Waals surface area contributed by atoms with Crippen molar-refractivity contribution >= 4 is 11.6 Å². The van der Waals surface area contributed by atoms with Gasteiger partial charge in [0.15, 0.2) is 17.3 Å². The fourth-order valence-electron chi connectivity index (χ4n) is 1.59. The van der Waals surface area contributed by atoms with Crippen molar-refractivity contribution in [2.24, 2.45) is 7.05 Å². The molecule has 0 atom stereocenters. The molecule has 1 aromatic heterocycles. The first-order valence-electron chi connectivity index (χ1n) is 5.58. The summed E-state index contributed by atoms with van der Waals surface area (Å²) in [7, 11) is 3.29. The van der Waals surface area contributed by atoms with Crippen molar-refractivity contribution in [2.75, 3.05) is 7.11 Å². The minimum atomic E-state index is -0.111. The fourth-order valence-corrected chi connectivity index (χ4v) is 1.88. The van der Waals surface area contributed by atoms with Crippen LogP contribution in [-0.4, -0.2) is 27.0 Å². The summed E-state index contributed by atoms with van der Waals surface area (Å²) in [6, 6.07) is 3.31. The number of halogens is 1. The molecule has 19 heavy (non-hydrogen) atoms. The van der Waals surface area contributed by atoms with Gasteiger partial charge in [-0.15, -0.1) is 0 Å². The first-order valence-corrected chi connectivity index (χ1v) is 5.96.